The zero-order chi connectivity index (χ0) is 18.2. The van der Waals surface area contributed by atoms with Crippen LogP contribution in [0.3, 0.4) is 0 Å². The van der Waals surface area contributed by atoms with E-state index in [1.807, 2.05) is 6.08 Å². The number of rotatable bonds is 1. The average molecular weight is 407 g/mol. The molecule has 0 aromatic rings. The third-order valence-electron chi connectivity index (χ3n) is 8.29. The lowest BCUT2D eigenvalue weighted by Gasteiger charge is -2.61. The highest BCUT2D eigenvalue weighted by atomic mass is 79.9. The fourth-order valence-electron chi connectivity index (χ4n) is 6.96. The molecular formula is C21H27BrO3. The fourth-order valence-corrected chi connectivity index (χ4v) is 8.10. The van der Waals surface area contributed by atoms with Crippen LogP contribution in [0.15, 0.2) is 11.6 Å². The lowest BCUT2D eigenvalue weighted by atomic mass is 9.46. The Morgan fingerprint density at radius 2 is 1.84 bits per heavy atom. The van der Waals surface area contributed by atoms with Gasteiger partial charge >= 0.3 is 0 Å². The standard InChI is InChI=1S/C21H27BrO3/c1-12(23)15-6-7-16-17-5-4-13-10-14(24)8-9-20(13,3)21(17,22)18(25)11-19(15,16)2/h10,15-17H,4-9,11H2,1-3H3/t15-,16+,17+,19-,20+,21?/m1/s1. The second kappa shape index (κ2) is 5.37. The molecule has 0 heterocycles. The zero-order valence-corrected chi connectivity index (χ0v) is 16.9. The van der Waals surface area contributed by atoms with Gasteiger partial charge in [-0.2, -0.15) is 0 Å². The lowest BCUT2D eigenvalue weighted by Crippen LogP contribution is -2.64. The molecule has 0 N–H and O–H groups in total. The monoisotopic (exact) mass is 406 g/mol. The molecule has 4 aliphatic rings. The van der Waals surface area contributed by atoms with Crippen LogP contribution in [-0.2, 0) is 14.4 Å². The highest BCUT2D eigenvalue weighted by molar-refractivity contribution is 9.10. The zero-order valence-electron chi connectivity index (χ0n) is 15.4. The Morgan fingerprint density at radius 3 is 2.52 bits per heavy atom. The molecule has 4 heteroatoms. The lowest BCUT2D eigenvalue weighted by molar-refractivity contribution is -0.143. The molecule has 6 atom stereocenters. The average Bonchev–Trinajstić information content (AvgIpc) is 2.87. The van der Waals surface area contributed by atoms with E-state index in [1.165, 1.54) is 0 Å². The Kier molecular flexibility index (Phi) is 3.79. The summed E-state index contributed by atoms with van der Waals surface area (Å²) in [7, 11) is 0. The van der Waals surface area contributed by atoms with Gasteiger partial charge in [-0.3, -0.25) is 14.4 Å². The Balaban J connectivity index is 1.81. The van der Waals surface area contributed by atoms with Gasteiger partial charge in [-0.15, -0.1) is 0 Å². The van der Waals surface area contributed by atoms with Crippen LogP contribution in [0.2, 0.25) is 0 Å². The molecule has 4 aliphatic carbocycles. The maximum absolute atomic E-state index is 13.5. The molecule has 3 saturated carbocycles. The Bertz CT molecular complexity index is 710. The molecule has 1 unspecified atom stereocenters. The van der Waals surface area contributed by atoms with Gasteiger partial charge in [0.2, 0.25) is 0 Å². The second-order valence-electron chi connectivity index (χ2n) is 9.28. The fraction of sp³-hybridized carbons (Fsp3) is 0.762. The van der Waals surface area contributed by atoms with Gasteiger partial charge in [0.05, 0.1) is 4.32 Å². The molecule has 0 spiro atoms. The van der Waals surface area contributed by atoms with E-state index in [-0.39, 0.29) is 40.0 Å². The van der Waals surface area contributed by atoms with Crippen molar-refractivity contribution in [3.05, 3.63) is 11.6 Å². The van der Waals surface area contributed by atoms with E-state index >= 15 is 0 Å². The normalized spacial score (nSPS) is 49.1. The highest BCUT2D eigenvalue weighted by Crippen LogP contribution is 2.69. The first kappa shape index (κ1) is 17.6. The van der Waals surface area contributed by atoms with Crippen molar-refractivity contribution in [2.45, 2.75) is 70.0 Å². The minimum Gasteiger partial charge on any atom is -0.300 e. The van der Waals surface area contributed by atoms with Crippen LogP contribution in [0.4, 0.5) is 0 Å². The summed E-state index contributed by atoms with van der Waals surface area (Å²) in [5.41, 5.74) is 0.707. The van der Waals surface area contributed by atoms with Crippen LogP contribution >= 0.6 is 15.9 Å². The number of hydrogen-bond acceptors (Lipinski definition) is 3. The first-order valence-corrected chi connectivity index (χ1v) is 10.4. The molecule has 3 fully saturated rings. The largest absolute Gasteiger partial charge is 0.300 e. The van der Waals surface area contributed by atoms with E-state index < -0.39 is 4.32 Å². The minimum atomic E-state index is -0.569. The predicted octanol–water partition coefficient (Wildman–Crippen LogP) is 4.42. The summed E-state index contributed by atoms with van der Waals surface area (Å²) in [5, 5.41) is 0. The van der Waals surface area contributed by atoms with Gasteiger partial charge in [-0.25, -0.2) is 0 Å². The third kappa shape index (κ3) is 2.06. The maximum Gasteiger partial charge on any atom is 0.155 e. The molecule has 25 heavy (non-hydrogen) atoms. The SMILES string of the molecule is CC(=O)[C@H]1CC[C@H]2[C@@H]3CCC4=CC(=O)CC[C@]4(C)C3(Br)C(=O)C[C@]12C. The number of allylic oxidation sites excluding steroid dienone is 1. The van der Waals surface area contributed by atoms with Crippen molar-refractivity contribution < 1.29 is 14.4 Å². The second-order valence-corrected chi connectivity index (χ2v) is 10.5. The summed E-state index contributed by atoms with van der Waals surface area (Å²) in [6.45, 7) is 6.05. The van der Waals surface area contributed by atoms with Crippen LogP contribution in [0.25, 0.3) is 0 Å². The third-order valence-corrected chi connectivity index (χ3v) is 10.2. The molecule has 3 nitrogen and oxygen atoms in total. The predicted molar refractivity (Wildman–Crippen MR) is 99.4 cm³/mol. The smallest absolute Gasteiger partial charge is 0.155 e. The van der Waals surface area contributed by atoms with Crippen molar-refractivity contribution in [2.24, 2.45) is 28.6 Å². The van der Waals surface area contributed by atoms with Crippen molar-refractivity contribution >= 4 is 33.3 Å². The topological polar surface area (TPSA) is 51.2 Å². The van der Waals surface area contributed by atoms with Crippen molar-refractivity contribution in [3.8, 4) is 0 Å². The van der Waals surface area contributed by atoms with Crippen molar-refractivity contribution in [3.63, 3.8) is 0 Å². The summed E-state index contributed by atoms with van der Waals surface area (Å²) < 4.78 is -0.569. The van der Waals surface area contributed by atoms with E-state index in [0.29, 0.717) is 18.8 Å². The molecule has 0 radical (unpaired) electrons. The van der Waals surface area contributed by atoms with E-state index in [2.05, 4.69) is 29.8 Å². The van der Waals surface area contributed by atoms with E-state index in [0.717, 1.165) is 37.7 Å². The molecule has 4 rings (SSSR count). The molecule has 0 bridgehead atoms. The molecule has 0 aliphatic heterocycles. The quantitative estimate of drug-likeness (QED) is 0.605. The Hall–Kier alpha value is -0.770. The van der Waals surface area contributed by atoms with Crippen molar-refractivity contribution in [1.29, 1.82) is 0 Å². The molecule has 0 amide bonds. The van der Waals surface area contributed by atoms with Gasteiger partial charge in [-0.05, 0) is 62.4 Å². The van der Waals surface area contributed by atoms with Crippen LogP contribution in [0, 0.1) is 28.6 Å². The van der Waals surface area contributed by atoms with E-state index in [9.17, 15) is 14.4 Å². The van der Waals surface area contributed by atoms with Crippen LogP contribution < -0.4 is 0 Å². The summed E-state index contributed by atoms with van der Waals surface area (Å²) in [4.78, 5) is 37.7. The number of carbonyl (C=O) groups excluding carboxylic acids is 3. The van der Waals surface area contributed by atoms with Crippen LogP contribution in [-0.4, -0.2) is 21.7 Å². The number of ketones is 3. The number of alkyl halides is 1. The minimum absolute atomic E-state index is 0.0242. The van der Waals surface area contributed by atoms with Gasteiger partial charge in [0.15, 0.2) is 11.6 Å². The van der Waals surface area contributed by atoms with E-state index in [1.54, 1.807) is 6.92 Å². The number of fused-ring (bicyclic) bond motifs is 5. The molecule has 0 saturated heterocycles. The number of carbonyl (C=O) groups is 3. The van der Waals surface area contributed by atoms with Gasteiger partial charge in [0.1, 0.15) is 5.78 Å². The van der Waals surface area contributed by atoms with Crippen LogP contribution in [0.1, 0.15) is 65.7 Å². The summed E-state index contributed by atoms with van der Waals surface area (Å²) >= 11 is 3.99. The molecule has 0 aromatic carbocycles. The summed E-state index contributed by atoms with van der Waals surface area (Å²) in [6.07, 6.45) is 7.40. The van der Waals surface area contributed by atoms with Gasteiger partial charge < -0.3 is 0 Å². The summed E-state index contributed by atoms with van der Waals surface area (Å²) in [5.74, 6) is 1.40. The summed E-state index contributed by atoms with van der Waals surface area (Å²) in [6, 6.07) is 0. The van der Waals surface area contributed by atoms with Crippen molar-refractivity contribution in [2.75, 3.05) is 0 Å². The van der Waals surface area contributed by atoms with Gasteiger partial charge in [-0.1, -0.05) is 35.4 Å². The Morgan fingerprint density at radius 1 is 1.12 bits per heavy atom. The van der Waals surface area contributed by atoms with E-state index in [4.69, 9.17) is 0 Å². The number of halogens is 1. The number of Topliss-reactive ketones (excluding diaryl/α,β-unsaturated/α-hetero) is 2. The first-order chi connectivity index (χ1) is 11.6. The first-order valence-electron chi connectivity index (χ1n) is 9.61. The Labute approximate surface area is 158 Å². The number of hydrogen-bond donors (Lipinski definition) is 0. The molecule has 0 aromatic heterocycles. The molecule has 136 valence electrons. The van der Waals surface area contributed by atoms with Gasteiger partial charge in [0, 0.05) is 24.2 Å². The van der Waals surface area contributed by atoms with Gasteiger partial charge in [0.25, 0.3) is 0 Å². The highest BCUT2D eigenvalue weighted by Gasteiger charge is 2.69. The molecular weight excluding hydrogens is 380 g/mol. The van der Waals surface area contributed by atoms with Crippen molar-refractivity contribution in [1.82, 2.24) is 0 Å². The maximum atomic E-state index is 13.5. The van der Waals surface area contributed by atoms with Crippen LogP contribution in [0.5, 0.6) is 0 Å².